The van der Waals surface area contributed by atoms with Gasteiger partial charge in [0.05, 0.1) is 0 Å². The highest BCUT2D eigenvalue weighted by Gasteiger charge is 2.47. The summed E-state index contributed by atoms with van der Waals surface area (Å²) in [5, 5.41) is 11.6. The van der Waals surface area contributed by atoms with Crippen LogP contribution in [0.2, 0.25) is 0 Å². The van der Waals surface area contributed by atoms with Gasteiger partial charge in [-0.1, -0.05) is 37.5 Å². The van der Waals surface area contributed by atoms with Crippen LogP contribution >= 0.6 is 0 Å². The molecule has 3 unspecified atom stereocenters. The maximum Gasteiger partial charge on any atom is 0.303 e. The summed E-state index contributed by atoms with van der Waals surface area (Å²) in [6.45, 7) is 0.525. The highest BCUT2D eigenvalue weighted by Crippen LogP contribution is 2.40. The summed E-state index contributed by atoms with van der Waals surface area (Å²) in [6.07, 6.45) is 7.40. The van der Waals surface area contributed by atoms with Gasteiger partial charge < -0.3 is 15.3 Å². The first-order valence-electron chi connectivity index (χ1n) is 10.4. The minimum Gasteiger partial charge on any atom is -0.481 e. The third-order valence-corrected chi connectivity index (χ3v) is 6.01. The van der Waals surface area contributed by atoms with Crippen LogP contribution in [0.15, 0.2) is 30.3 Å². The molecule has 0 radical (unpaired) electrons. The maximum atomic E-state index is 13.2. The van der Waals surface area contributed by atoms with Gasteiger partial charge in [-0.15, -0.1) is 0 Å². The number of aliphatic carboxylic acids is 1. The van der Waals surface area contributed by atoms with Gasteiger partial charge >= 0.3 is 5.97 Å². The van der Waals surface area contributed by atoms with Gasteiger partial charge in [-0.2, -0.15) is 0 Å². The zero-order valence-corrected chi connectivity index (χ0v) is 16.3. The summed E-state index contributed by atoms with van der Waals surface area (Å²) >= 11 is 0. The Kier molecular flexibility index (Phi) is 7.06. The van der Waals surface area contributed by atoms with Crippen LogP contribution < -0.4 is 5.32 Å². The van der Waals surface area contributed by atoms with Gasteiger partial charge in [0.15, 0.2) is 0 Å². The number of nitrogens with one attached hydrogen (secondary N) is 1. The van der Waals surface area contributed by atoms with Crippen LogP contribution in [0.4, 0.5) is 0 Å². The monoisotopic (exact) mass is 386 g/mol. The lowest BCUT2D eigenvalue weighted by Gasteiger charge is -2.33. The smallest absolute Gasteiger partial charge is 0.303 e. The fraction of sp³-hybridized carbons (Fsp3) is 0.591. The van der Waals surface area contributed by atoms with E-state index in [0.29, 0.717) is 24.4 Å². The third kappa shape index (κ3) is 4.91. The predicted octanol–water partition coefficient (Wildman–Crippen LogP) is 3.22. The Hall–Kier alpha value is -2.37. The number of carboxylic acids is 1. The zero-order valence-electron chi connectivity index (χ0n) is 16.3. The molecule has 0 bridgehead atoms. The van der Waals surface area contributed by atoms with Crippen molar-refractivity contribution in [3.63, 3.8) is 0 Å². The lowest BCUT2D eigenvalue weighted by Crippen LogP contribution is -2.49. The molecule has 1 aliphatic heterocycles. The topological polar surface area (TPSA) is 86.7 Å². The Morgan fingerprint density at radius 2 is 1.79 bits per heavy atom. The van der Waals surface area contributed by atoms with E-state index in [1.807, 2.05) is 35.2 Å². The second kappa shape index (κ2) is 9.71. The second-order valence-corrected chi connectivity index (χ2v) is 7.94. The molecule has 1 aromatic rings. The summed E-state index contributed by atoms with van der Waals surface area (Å²) in [6, 6.07) is 8.99. The van der Waals surface area contributed by atoms with E-state index in [1.54, 1.807) is 0 Å². The van der Waals surface area contributed by atoms with Gasteiger partial charge in [-0.3, -0.25) is 14.4 Å². The van der Waals surface area contributed by atoms with E-state index >= 15 is 0 Å². The Morgan fingerprint density at radius 3 is 2.54 bits per heavy atom. The molecule has 1 saturated heterocycles. The number of hydrogen-bond acceptors (Lipinski definition) is 3. The largest absolute Gasteiger partial charge is 0.481 e. The minimum absolute atomic E-state index is 0.0448. The van der Waals surface area contributed by atoms with Crippen molar-refractivity contribution < 1.29 is 19.5 Å². The molecule has 28 heavy (non-hydrogen) atoms. The molecule has 3 rings (SSSR count). The van der Waals surface area contributed by atoms with Crippen LogP contribution in [0.1, 0.15) is 68.1 Å². The first kappa shape index (κ1) is 20.4. The van der Waals surface area contributed by atoms with Crippen LogP contribution in [0.25, 0.3) is 0 Å². The number of likely N-dealkylation sites (tertiary alicyclic amines) is 1. The number of amides is 2. The molecule has 2 aliphatic rings. The van der Waals surface area contributed by atoms with Crippen molar-refractivity contribution in [2.45, 2.75) is 69.9 Å². The van der Waals surface area contributed by atoms with Crippen LogP contribution in [-0.2, 0) is 9.59 Å². The van der Waals surface area contributed by atoms with Gasteiger partial charge in [0.2, 0.25) is 5.91 Å². The molecule has 1 heterocycles. The normalized spacial score (nSPS) is 23.9. The number of carboxylic acid groups (broad SMARTS) is 1. The average molecular weight is 386 g/mol. The van der Waals surface area contributed by atoms with Crippen LogP contribution in [-0.4, -0.2) is 46.4 Å². The fourth-order valence-corrected chi connectivity index (χ4v) is 4.62. The van der Waals surface area contributed by atoms with E-state index in [0.717, 1.165) is 38.5 Å². The molecule has 2 N–H and O–H groups in total. The molecule has 2 amide bonds. The molecule has 2 fully saturated rings. The van der Waals surface area contributed by atoms with Crippen molar-refractivity contribution >= 4 is 17.8 Å². The summed E-state index contributed by atoms with van der Waals surface area (Å²) < 4.78 is 0. The highest BCUT2D eigenvalue weighted by atomic mass is 16.4. The van der Waals surface area contributed by atoms with Crippen molar-refractivity contribution in [2.24, 2.45) is 5.92 Å². The second-order valence-electron chi connectivity index (χ2n) is 7.94. The first-order chi connectivity index (χ1) is 13.6. The molecular weight excluding hydrogens is 356 g/mol. The Bertz CT molecular complexity index is 691. The lowest BCUT2D eigenvalue weighted by atomic mass is 9.84. The van der Waals surface area contributed by atoms with E-state index in [2.05, 4.69) is 5.32 Å². The van der Waals surface area contributed by atoms with Crippen molar-refractivity contribution in [2.75, 3.05) is 6.54 Å². The van der Waals surface area contributed by atoms with Crippen molar-refractivity contribution in [1.29, 1.82) is 0 Å². The van der Waals surface area contributed by atoms with Gasteiger partial charge in [0.1, 0.15) is 6.04 Å². The zero-order chi connectivity index (χ0) is 19.9. The standard InChI is InChI=1S/C22H30N2O4/c25-20(26)13-5-2-8-14-23-21(27)19-15-17-11-6-7-12-18(17)24(19)22(28)16-9-3-1-4-10-16/h1,3-4,9-10,17-19H,2,5-8,11-15H2,(H,23,27)(H,25,26). The van der Waals surface area contributed by atoms with Gasteiger partial charge in [0, 0.05) is 24.6 Å². The quantitative estimate of drug-likeness (QED) is 0.672. The molecule has 6 nitrogen and oxygen atoms in total. The fourth-order valence-electron chi connectivity index (χ4n) is 4.62. The molecule has 3 atom stereocenters. The van der Waals surface area contributed by atoms with E-state index in [9.17, 15) is 14.4 Å². The third-order valence-electron chi connectivity index (χ3n) is 6.01. The van der Waals surface area contributed by atoms with Crippen molar-refractivity contribution in [3.05, 3.63) is 35.9 Å². The summed E-state index contributed by atoms with van der Waals surface area (Å²) in [5.41, 5.74) is 0.639. The molecule has 1 saturated carbocycles. The van der Waals surface area contributed by atoms with E-state index in [1.165, 1.54) is 6.42 Å². The van der Waals surface area contributed by atoms with Gasteiger partial charge in [0.25, 0.3) is 5.91 Å². The van der Waals surface area contributed by atoms with Gasteiger partial charge in [-0.05, 0) is 50.2 Å². The number of carbonyl (C=O) groups is 3. The van der Waals surface area contributed by atoms with Crippen molar-refractivity contribution in [3.8, 4) is 0 Å². The summed E-state index contributed by atoms with van der Waals surface area (Å²) in [4.78, 5) is 38.5. The Balaban J connectivity index is 1.61. The molecule has 0 spiro atoms. The number of carbonyl (C=O) groups excluding carboxylic acids is 2. The van der Waals surface area contributed by atoms with E-state index in [4.69, 9.17) is 5.11 Å². The SMILES string of the molecule is O=C(O)CCCCCNC(=O)C1CC2CCCCC2N1C(=O)c1ccccc1. The predicted molar refractivity (Wildman–Crippen MR) is 106 cm³/mol. The van der Waals surface area contributed by atoms with Crippen LogP contribution in [0, 0.1) is 5.92 Å². The number of nitrogens with zero attached hydrogens (tertiary/aromatic N) is 1. The molecule has 6 heteroatoms. The first-order valence-corrected chi connectivity index (χ1v) is 10.4. The molecule has 1 aliphatic carbocycles. The van der Waals surface area contributed by atoms with Gasteiger partial charge in [-0.25, -0.2) is 0 Å². The number of hydrogen-bond donors (Lipinski definition) is 2. The Morgan fingerprint density at radius 1 is 1.04 bits per heavy atom. The lowest BCUT2D eigenvalue weighted by molar-refractivity contribution is -0.137. The van der Waals surface area contributed by atoms with Crippen LogP contribution in [0.3, 0.4) is 0 Å². The molecule has 0 aromatic heterocycles. The number of unbranched alkanes of at least 4 members (excludes halogenated alkanes) is 2. The minimum atomic E-state index is -0.785. The summed E-state index contributed by atoms with van der Waals surface area (Å²) in [7, 11) is 0. The van der Waals surface area contributed by atoms with Crippen molar-refractivity contribution in [1.82, 2.24) is 10.2 Å². The number of benzene rings is 1. The molecule has 152 valence electrons. The Labute approximate surface area is 166 Å². The van der Waals surface area contributed by atoms with E-state index in [-0.39, 0.29) is 24.3 Å². The number of fused-ring (bicyclic) bond motifs is 1. The van der Waals surface area contributed by atoms with E-state index < -0.39 is 12.0 Å². The van der Waals surface area contributed by atoms with Crippen LogP contribution in [0.5, 0.6) is 0 Å². The average Bonchev–Trinajstić information content (AvgIpc) is 3.10. The maximum absolute atomic E-state index is 13.2. The number of rotatable bonds is 8. The summed E-state index contributed by atoms with van der Waals surface area (Å²) in [5.74, 6) is -0.492. The molecule has 1 aromatic carbocycles. The molecular formula is C22H30N2O4. The highest BCUT2D eigenvalue weighted by molar-refractivity contribution is 5.98.